The molecule has 0 spiro atoms. The molecule has 0 aliphatic carbocycles. The number of aryl methyl sites for hydroxylation is 1. The standard InChI is InChI=1S/C14H20ClNO3/c1-3-12-4-5-14(13(10-12)16(17)18)19-9-7-11(2)6-8-15/h4-5,10-11H,3,6-9H2,1-2H3. The van der Waals surface area contributed by atoms with Crippen LogP contribution in [0.2, 0.25) is 0 Å². The quantitative estimate of drug-likeness (QED) is 0.409. The van der Waals surface area contributed by atoms with E-state index in [1.165, 1.54) is 0 Å². The number of nitrogens with zero attached hydrogens (tertiary/aromatic N) is 1. The van der Waals surface area contributed by atoms with E-state index in [0.29, 0.717) is 24.2 Å². The Labute approximate surface area is 118 Å². The van der Waals surface area contributed by atoms with Crippen molar-refractivity contribution >= 4 is 17.3 Å². The van der Waals surface area contributed by atoms with Crippen LogP contribution in [0.15, 0.2) is 18.2 Å². The van der Waals surface area contributed by atoms with Gasteiger partial charge in [0.25, 0.3) is 0 Å². The van der Waals surface area contributed by atoms with Gasteiger partial charge in [0.2, 0.25) is 0 Å². The van der Waals surface area contributed by atoms with E-state index in [-0.39, 0.29) is 5.69 Å². The molecule has 0 N–H and O–H groups in total. The minimum absolute atomic E-state index is 0.0457. The Morgan fingerprint density at radius 1 is 1.42 bits per heavy atom. The summed E-state index contributed by atoms with van der Waals surface area (Å²) < 4.78 is 5.53. The largest absolute Gasteiger partial charge is 0.487 e. The van der Waals surface area contributed by atoms with Gasteiger partial charge in [-0.1, -0.05) is 19.9 Å². The Morgan fingerprint density at radius 3 is 2.74 bits per heavy atom. The Bertz CT molecular complexity index is 423. The van der Waals surface area contributed by atoms with Crippen molar-refractivity contribution in [2.45, 2.75) is 33.1 Å². The molecule has 0 saturated heterocycles. The van der Waals surface area contributed by atoms with Gasteiger partial charge in [-0.15, -0.1) is 11.6 Å². The molecule has 0 aliphatic heterocycles. The van der Waals surface area contributed by atoms with E-state index < -0.39 is 4.92 Å². The van der Waals surface area contributed by atoms with Crippen LogP contribution in [-0.2, 0) is 6.42 Å². The highest BCUT2D eigenvalue weighted by atomic mass is 35.5. The molecule has 1 aromatic carbocycles. The maximum Gasteiger partial charge on any atom is 0.311 e. The van der Waals surface area contributed by atoms with Crippen molar-refractivity contribution in [3.63, 3.8) is 0 Å². The first kappa shape index (κ1) is 15.8. The first-order chi connectivity index (χ1) is 9.08. The van der Waals surface area contributed by atoms with Crippen molar-refractivity contribution in [2.24, 2.45) is 5.92 Å². The fourth-order valence-corrected chi connectivity index (χ4v) is 2.12. The number of nitro benzene ring substituents is 1. The maximum absolute atomic E-state index is 11.0. The second kappa shape index (κ2) is 8.00. The molecule has 0 fully saturated rings. The van der Waals surface area contributed by atoms with E-state index in [1.807, 2.05) is 13.0 Å². The van der Waals surface area contributed by atoms with E-state index in [1.54, 1.807) is 12.1 Å². The molecular weight excluding hydrogens is 266 g/mol. The number of hydrogen-bond donors (Lipinski definition) is 0. The first-order valence-corrected chi connectivity index (χ1v) is 7.08. The molecule has 1 rings (SSSR count). The number of benzene rings is 1. The second-order valence-corrected chi connectivity index (χ2v) is 5.01. The van der Waals surface area contributed by atoms with Crippen LogP contribution in [0, 0.1) is 16.0 Å². The van der Waals surface area contributed by atoms with Crippen molar-refractivity contribution in [2.75, 3.05) is 12.5 Å². The van der Waals surface area contributed by atoms with Crippen LogP contribution < -0.4 is 4.74 Å². The predicted molar refractivity (Wildman–Crippen MR) is 77.1 cm³/mol. The summed E-state index contributed by atoms with van der Waals surface area (Å²) in [5.74, 6) is 1.44. The van der Waals surface area contributed by atoms with Gasteiger partial charge in [-0.25, -0.2) is 0 Å². The zero-order valence-corrected chi connectivity index (χ0v) is 12.2. The SMILES string of the molecule is CCc1ccc(OCCC(C)CCCl)c([N+](=O)[O-])c1. The number of ether oxygens (including phenoxy) is 1. The third kappa shape index (κ3) is 5.07. The topological polar surface area (TPSA) is 52.4 Å². The molecule has 0 amide bonds. The summed E-state index contributed by atoms with van der Waals surface area (Å²) in [6.45, 7) is 4.54. The summed E-state index contributed by atoms with van der Waals surface area (Å²) >= 11 is 5.66. The Kier molecular flexibility index (Phi) is 6.64. The zero-order valence-electron chi connectivity index (χ0n) is 11.4. The number of alkyl halides is 1. The summed E-state index contributed by atoms with van der Waals surface area (Å²) in [5, 5.41) is 11.0. The third-order valence-corrected chi connectivity index (χ3v) is 3.32. The molecule has 0 bridgehead atoms. The molecule has 0 radical (unpaired) electrons. The first-order valence-electron chi connectivity index (χ1n) is 6.54. The Balaban J connectivity index is 2.64. The lowest BCUT2D eigenvalue weighted by molar-refractivity contribution is -0.385. The summed E-state index contributed by atoms with van der Waals surface area (Å²) in [6.07, 6.45) is 2.55. The van der Waals surface area contributed by atoms with Gasteiger partial charge < -0.3 is 4.74 Å². The van der Waals surface area contributed by atoms with Crippen LogP contribution in [0.5, 0.6) is 5.75 Å². The number of halogens is 1. The summed E-state index contributed by atoms with van der Waals surface area (Å²) in [7, 11) is 0. The van der Waals surface area contributed by atoms with Crippen LogP contribution in [-0.4, -0.2) is 17.4 Å². The third-order valence-electron chi connectivity index (χ3n) is 3.10. The summed E-state index contributed by atoms with van der Waals surface area (Å²) in [4.78, 5) is 10.6. The van der Waals surface area contributed by atoms with Gasteiger partial charge in [0.1, 0.15) is 0 Å². The molecule has 0 saturated carbocycles. The van der Waals surface area contributed by atoms with E-state index in [4.69, 9.17) is 16.3 Å². The molecule has 0 aliphatic rings. The molecule has 1 aromatic rings. The minimum Gasteiger partial charge on any atom is -0.487 e. The van der Waals surface area contributed by atoms with E-state index >= 15 is 0 Å². The van der Waals surface area contributed by atoms with Crippen LogP contribution in [0.1, 0.15) is 32.3 Å². The summed E-state index contributed by atoms with van der Waals surface area (Å²) in [5.41, 5.74) is 0.985. The van der Waals surface area contributed by atoms with Gasteiger partial charge in [-0.3, -0.25) is 10.1 Å². The predicted octanol–water partition coefficient (Wildman–Crippen LogP) is 4.19. The highest BCUT2D eigenvalue weighted by molar-refractivity contribution is 6.17. The van der Waals surface area contributed by atoms with Crippen molar-refractivity contribution in [3.8, 4) is 5.75 Å². The molecule has 1 unspecified atom stereocenters. The highest BCUT2D eigenvalue weighted by Crippen LogP contribution is 2.28. The average Bonchev–Trinajstić information content (AvgIpc) is 2.39. The van der Waals surface area contributed by atoms with Gasteiger partial charge in [0, 0.05) is 11.9 Å². The molecule has 106 valence electrons. The zero-order chi connectivity index (χ0) is 14.3. The molecule has 0 aromatic heterocycles. The van der Waals surface area contributed by atoms with Crippen LogP contribution in [0.4, 0.5) is 5.69 Å². The molecule has 19 heavy (non-hydrogen) atoms. The number of rotatable bonds is 8. The lowest BCUT2D eigenvalue weighted by Crippen LogP contribution is -2.06. The van der Waals surface area contributed by atoms with Crippen molar-refractivity contribution in [1.29, 1.82) is 0 Å². The van der Waals surface area contributed by atoms with Crippen molar-refractivity contribution in [1.82, 2.24) is 0 Å². The molecule has 1 atom stereocenters. The Hall–Kier alpha value is -1.29. The highest BCUT2D eigenvalue weighted by Gasteiger charge is 2.15. The van der Waals surface area contributed by atoms with E-state index in [0.717, 1.165) is 24.8 Å². The normalized spacial score (nSPS) is 12.2. The molecular formula is C14H20ClNO3. The maximum atomic E-state index is 11.0. The van der Waals surface area contributed by atoms with Gasteiger partial charge >= 0.3 is 5.69 Å². The van der Waals surface area contributed by atoms with Gasteiger partial charge in [-0.05, 0) is 36.8 Å². The Morgan fingerprint density at radius 2 is 2.16 bits per heavy atom. The van der Waals surface area contributed by atoms with Crippen molar-refractivity contribution < 1.29 is 9.66 Å². The molecule has 5 heteroatoms. The summed E-state index contributed by atoms with van der Waals surface area (Å²) in [6, 6.07) is 5.13. The lowest BCUT2D eigenvalue weighted by atomic mass is 10.1. The minimum atomic E-state index is -0.392. The van der Waals surface area contributed by atoms with E-state index in [9.17, 15) is 10.1 Å². The fraction of sp³-hybridized carbons (Fsp3) is 0.571. The fourth-order valence-electron chi connectivity index (χ4n) is 1.75. The van der Waals surface area contributed by atoms with Gasteiger partial charge in [0.05, 0.1) is 11.5 Å². The van der Waals surface area contributed by atoms with Crippen LogP contribution >= 0.6 is 11.6 Å². The molecule has 4 nitrogen and oxygen atoms in total. The lowest BCUT2D eigenvalue weighted by Gasteiger charge is -2.11. The van der Waals surface area contributed by atoms with E-state index in [2.05, 4.69) is 6.92 Å². The number of hydrogen-bond acceptors (Lipinski definition) is 3. The monoisotopic (exact) mass is 285 g/mol. The van der Waals surface area contributed by atoms with Gasteiger partial charge in [-0.2, -0.15) is 0 Å². The van der Waals surface area contributed by atoms with Crippen molar-refractivity contribution in [3.05, 3.63) is 33.9 Å². The average molecular weight is 286 g/mol. The molecule has 0 heterocycles. The van der Waals surface area contributed by atoms with Crippen LogP contribution in [0.3, 0.4) is 0 Å². The second-order valence-electron chi connectivity index (χ2n) is 4.63. The van der Waals surface area contributed by atoms with Gasteiger partial charge in [0.15, 0.2) is 5.75 Å². The number of nitro groups is 1. The smallest absolute Gasteiger partial charge is 0.311 e. The van der Waals surface area contributed by atoms with Crippen LogP contribution in [0.25, 0.3) is 0 Å².